The van der Waals surface area contributed by atoms with Crippen LogP contribution in [0.5, 0.6) is 11.5 Å². The number of carbonyl (C=O) groups is 1. The fraction of sp³-hybridized carbons (Fsp3) is 0.650. The summed E-state index contributed by atoms with van der Waals surface area (Å²) in [6.45, 7) is 6.22. The second-order valence-electron chi connectivity index (χ2n) is 6.81. The Morgan fingerprint density at radius 3 is 2.64 bits per heavy atom. The highest BCUT2D eigenvalue weighted by Gasteiger charge is 2.19. The van der Waals surface area contributed by atoms with Crippen molar-refractivity contribution in [2.24, 2.45) is 5.92 Å². The van der Waals surface area contributed by atoms with E-state index < -0.39 is 0 Å². The van der Waals surface area contributed by atoms with Crippen molar-refractivity contribution in [2.45, 2.75) is 32.6 Å². The third-order valence-electron chi connectivity index (χ3n) is 4.91. The first kappa shape index (κ1) is 19.6. The van der Waals surface area contributed by atoms with Gasteiger partial charge in [-0.25, -0.2) is 0 Å². The number of carbonyl (C=O) groups excluding carboxylic acids is 1. The summed E-state index contributed by atoms with van der Waals surface area (Å²) >= 11 is 0. The Hall–Kier alpha value is -1.75. The van der Waals surface area contributed by atoms with Crippen LogP contribution in [0.15, 0.2) is 24.3 Å². The standard InChI is InChI=1S/C20H32N2O3/c1-4-22(14-15-25-19-10-8-18(24-3)9-11-19)20(23)12-7-17-6-5-13-21(2)16-17/h8-11,17H,4-7,12-16H2,1-3H3/t17-/m0/s1. The zero-order valence-corrected chi connectivity index (χ0v) is 15.9. The second-order valence-corrected chi connectivity index (χ2v) is 6.81. The summed E-state index contributed by atoms with van der Waals surface area (Å²) < 4.78 is 10.9. The number of rotatable bonds is 9. The predicted octanol–water partition coefficient (Wildman–Crippen LogP) is 3.04. The van der Waals surface area contributed by atoms with Crippen molar-refractivity contribution in [1.82, 2.24) is 9.80 Å². The number of piperidine rings is 1. The second kappa shape index (κ2) is 10.3. The molecule has 1 aliphatic heterocycles. The molecule has 0 aliphatic carbocycles. The van der Waals surface area contributed by atoms with E-state index in [4.69, 9.17) is 9.47 Å². The highest BCUT2D eigenvalue weighted by atomic mass is 16.5. The van der Waals surface area contributed by atoms with Gasteiger partial charge in [-0.2, -0.15) is 0 Å². The molecule has 1 atom stereocenters. The molecule has 1 amide bonds. The summed E-state index contributed by atoms with van der Waals surface area (Å²) in [5.41, 5.74) is 0. The number of likely N-dealkylation sites (N-methyl/N-ethyl adjacent to an activating group) is 1. The number of benzene rings is 1. The highest BCUT2D eigenvalue weighted by Crippen LogP contribution is 2.20. The predicted molar refractivity (Wildman–Crippen MR) is 100 cm³/mol. The van der Waals surface area contributed by atoms with Gasteiger partial charge in [0, 0.05) is 19.5 Å². The fourth-order valence-electron chi connectivity index (χ4n) is 3.40. The number of nitrogens with zero attached hydrogens (tertiary/aromatic N) is 2. The Morgan fingerprint density at radius 1 is 1.28 bits per heavy atom. The molecule has 0 aromatic heterocycles. The van der Waals surface area contributed by atoms with Gasteiger partial charge >= 0.3 is 0 Å². The smallest absolute Gasteiger partial charge is 0.222 e. The molecule has 0 unspecified atom stereocenters. The third-order valence-corrected chi connectivity index (χ3v) is 4.91. The molecule has 0 bridgehead atoms. The lowest BCUT2D eigenvalue weighted by Gasteiger charge is -2.30. The van der Waals surface area contributed by atoms with Crippen LogP contribution in [0, 0.1) is 5.92 Å². The molecular formula is C20H32N2O3. The molecule has 1 saturated heterocycles. The van der Waals surface area contributed by atoms with Gasteiger partial charge in [0.05, 0.1) is 13.7 Å². The average Bonchev–Trinajstić information content (AvgIpc) is 2.64. The number of methoxy groups -OCH3 is 1. The molecule has 5 nitrogen and oxygen atoms in total. The lowest BCUT2D eigenvalue weighted by atomic mass is 9.93. The van der Waals surface area contributed by atoms with Gasteiger partial charge in [0.15, 0.2) is 0 Å². The average molecular weight is 348 g/mol. The molecule has 1 fully saturated rings. The minimum atomic E-state index is 0.244. The first-order chi connectivity index (χ1) is 12.1. The van der Waals surface area contributed by atoms with Crippen molar-refractivity contribution < 1.29 is 14.3 Å². The van der Waals surface area contributed by atoms with Crippen molar-refractivity contribution in [1.29, 1.82) is 0 Å². The van der Waals surface area contributed by atoms with Gasteiger partial charge in [0.1, 0.15) is 18.1 Å². The van der Waals surface area contributed by atoms with Crippen LogP contribution in [0.3, 0.4) is 0 Å². The molecule has 1 heterocycles. The number of hydrogen-bond acceptors (Lipinski definition) is 4. The van der Waals surface area contributed by atoms with Gasteiger partial charge in [-0.05, 0) is 70.0 Å². The normalized spacial score (nSPS) is 18.0. The lowest BCUT2D eigenvalue weighted by molar-refractivity contribution is -0.131. The van der Waals surface area contributed by atoms with Gasteiger partial charge < -0.3 is 19.3 Å². The first-order valence-corrected chi connectivity index (χ1v) is 9.35. The molecule has 0 spiro atoms. The van der Waals surface area contributed by atoms with E-state index in [1.165, 1.54) is 19.4 Å². The highest BCUT2D eigenvalue weighted by molar-refractivity contribution is 5.76. The minimum Gasteiger partial charge on any atom is -0.497 e. The summed E-state index contributed by atoms with van der Waals surface area (Å²) in [6.07, 6.45) is 4.15. The summed E-state index contributed by atoms with van der Waals surface area (Å²) in [6, 6.07) is 7.52. The van der Waals surface area contributed by atoms with Crippen LogP contribution in [0.4, 0.5) is 0 Å². The molecule has 1 aromatic carbocycles. The summed E-state index contributed by atoms with van der Waals surface area (Å²) in [5, 5.41) is 0. The van der Waals surface area contributed by atoms with Gasteiger partial charge in [-0.15, -0.1) is 0 Å². The Bertz CT molecular complexity index is 518. The summed E-state index contributed by atoms with van der Waals surface area (Å²) in [4.78, 5) is 16.7. The molecule has 0 radical (unpaired) electrons. The van der Waals surface area contributed by atoms with Crippen LogP contribution in [0.1, 0.15) is 32.6 Å². The van der Waals surface area contributed by atoms with Crippen LogP contribution in [-0.2, 0) is 4.79 Å². The Balaban J connectivity index is 1.69. The molecule has 2 rings (SSSR count). The van der Waals surface area contributed by atoms with Crippen molar-refractivity contribution in [3.63, 3.8) is 0 Å². The number of ether oxygens (including phenoxy) is 2. The quantitative estimate of drug-likeness (QED) is 0.688. The Morgan fingerprint density at radius 2 is 2.00 bits per heavy atom. The zero-order chi connectivity index (χ0) is 18.1. The Kier molecular flexibility index (Phi) is 8.06. The van der Waals surface area contributed by atoms with E-state index in [0.717, 1.165) is 31.0 Å². The first-order valence-electron chi connectivity index (χ1n) is 9.35. The topological polar surface area (TPSA) is 42.0 Å². The van der Waals surface area contributed by atoms with Crippen LogP contribution in [-0.4, -0.2) is 62.7 Å². The molecule has 5 heteroatoms. The summed E-state index contributed by atoms with van der Waals surface area (Å²) in [5.74, 6) is 2.52. The van der Waals surface area contributed by atoms with Crippen molar-refractivity contribution >= 4 is 5.91 Å². The van der Waals surface area contributed by atoms with Crippen LogP contribution in [0.2, 0.25) is 0 Å². The number of hydrogen-bond donors (Lipinski definition) is 0. The number of likely N-dealkylation sites (tertiary alicyclic amines) is 1. The fourth-order valence-corrected chi connectivity index (χ4v) is 3.40. The van der Waals surface area contributed by atoms with Crippen LogP contribution >= 0.6 is 0 Å². The van der Waals surface area contributed by atoms with Crippen LogP contribution < -0.4 is 9.47 Å². The van der Waals surface area contributed by atoms with E-state index in [2.05, 4.69) is 11.9 Å². The molecule has 0 N–H and O–H groups in total. The Labute approximate surface area is 151 Å². The van der Waals surface area contributed by atoms with E-state index >= 15 is 0 Å². The summed E-state index contributed by atoms with van der Waals surface area (Å²) in [7, 11) is 3.81. The van der Waals surface area contributed by atoms with Crippen molar-refractivity contribution in [3.8, 4) is 11.5 Å². The molecule has 1 aliphatic rings. The van der Waals surface area contributed by atoms with Crippen molar-refractivity contribution in [2.75, 3.05) is 46.9 Å². The van der Waals surface area contributed by atoms with E-state index in [1.54, 1.807) is 7.11 Å². The molecule has 140 valence electrons. The SMILES string of the molecule is CCN(CCOc1ccc(OC)cc1)C(=O)CC[C@@H]1CCCN(C)C1. The number of amides is 1. The molecule has 25 heavy (non-hydrogen) atoms. The minimum absolute atomic E-state index is 0.244. The maximum absolute atomic E-state index is 12.5. The van der Waals surface area contributed by atoms with E-state index in [0.29, 0.717) is 25.5 Å². The molecule has 1 aromatic rings. The lowest BCUT2D eigenvalue weighted by Crippen LogP contribution is -2.36. The van der Waals surface area contributed by atoms with Crippen molar-refractivity contribution in [3.05, 3.63) is 24.3 Å². The van der Waals surface area contributed by atoms with Gasteiger partial charge in [-0.1, -0.05) is 0 Å². The van der Waals surface area contributed by atoms with Gasteiger partial charge in [0.2, 0.25) is 5.91 Å². The molecular weight excluding hydrogens is 316 g/mol. The zero-order valence-electron chi connectivity index (χ0n) is 15.9. The van der Waals surface area contributed by atoms with Gasteiger partial charge in [-0.3, -0.25) is 4.79 Å². The van der Waals surface area contributed by atoms with E-state index in [1.807, 2.05) is 36.1 Å². The third kappa shape index (κ3) is 6.58. The van der Waals surface area contributed by atoms with Crippen LogP contribution in [0.25, 0.3) is 0 Å². The van der Waals surface area contributed by atoms with E-state index in [-0.39, 0.29) is 5.91 Å². The largest absolute Gasteiger partial charge is 0.497 e. The monoisotopic (exact) mass is 348 g/mol. The van der Waals surface area contributed by atoms with Gasteiger partial charge in [0.25, 0.3) is 0 Å². The maximum Gasteiger partial charge on any atom is 0.222 e. The molecule has 0 saturated carbocycles. The maximum atomic E-state index is 12.5. The van der Waals surface area contributed by atoms with E-state index in [9.17, 15) is 4.79 Å².